The summed E-state index contributed by atoms with van der Waals surface area (Å²) < 4.78 is 1.87. The number of aromatic nitrogens is 2. The Balaban J connectivity index is 1.50. The summed E-state index contributed by atoms with van der Waals surface area (Å²) in [5.41, 5.74) is 10.9. The number of carbonyl (C=O) groups excluding carboxylic acids is 1. The number of benzene rings is 2. The molecule has 3 aromatic rings. The molecule has 2 N–H and O–H groups in total. The van der Waals surface area contributed by atoms with Crippen LogP contribution >= 0.6 is 11.6 Å². The first-order chi connectivity index (χ1) is 15.1. The second-order valence-corrected chi connectivity index (χ2v) is 8.60. The minimum atomic E-state index is 0.0813. The van der Waals surface area contributed by atoms with E-state index in [1.165, 1.54) is 5.56 Å². The molecule has 0 aliphatic carbocycles. The van der Waals surface area contributed by atoms with E-state index >= 15 is 0 Å². The lowest BCUT2D eigenvalue weighted by Gasteiger charge is -2.32. The fourth-order valence-electron chi connectivity index (χ4n) is 4.39. The zero-order valence-corrected chi connectivity index (χ0v) is 18.7. The number of nitrogens with zero attached hydrogens (tertiary/aromatic N) is 3. The van der Waals surface area contributed by atoms with Crippen molar-refractivity contribution in [1.82, 2.24) is 14.7 Å². The van der Waals surface area contributed by atoms with Crippen LogP contribution in [0.5, 0.6) is 0 Å². The molecule has 4 rings (SSSR count). The van der Waals surface area contributed by atoms with Gasteiger partial charge in [-0.1, -0.05) is 49.2 Å². The van der Waals surface area contributed by atoms with Gasteiger partial charge in [0.25, 0.3) is 5.91 Å². The van der Waals surface area contributed by atoms with Gasteiger partial charge in [0.05, 0.1) is 23.1 Å². The minimum absolute atomic E-state index is 0.0813. The van der Waals surface area contributed by atoms with E-state index in [2.05, 4.69) is 36.3 Å². The predicted octanol–water partition coefficient (Wildman–Crippen LogP) is 4.96. The van der Waals surface area contributed by atoms with Gasteiger partial charge in [-0.05, 0) is 60.6 Å². The third-order valence-electron chi connectivity index (χ3n) is 6.10. The summed E-state index contributed by atoms with van der Waals surface area (Å²) in [6.45, 7) is 4.19. The van der Waals surface area contributed by atoms with E-state index in [4.69, 9.17) is 17.3 Å². The van der Waals surface area contributed by atoms with Crippen molar-refractivity contribution < 1.29 is 4.79 Å². The molecule has 1 fully saturated rings. The Hall–Kier alpha value is -2.63. The number of nitrogens with two attached hydrogens (primary N) is 1. The van der Waals surface area contributed by atoms with Crippen molar-refractivity contribution in [2.75, 3.05) is 13.1 Å². The highest BCUT2D eigenvalue weighted by atomic mass is 35.5. The lowest BCUT2D eigenvalue weighted by Crippen LogP contribution is -2.38. The summed E-state index contributed by atoms with van der Waals surface area (Å²) in [5, 5.41) is 5.23. The van der Waals surface area contributed by atoms with Crippen molar-refractivity contribution >= 4 is 17.5 Å². The number of hydrogen-bond acceptors (Lipinski definition) is 3. The van der Waals surface area contributed by atoms with E-state index in [1.54, 1.807) is 6.20 Å². The largest absolute Gasteiger partial charge is 0.338 e. The van der Waals surface area contributed by atoms with E-state index in [-0.39, 0.29) is 5.91 Å². The average molecular weight is 437 g/mol. The average Bonchev–Trinajstić information content (AvgIpc) is 3.23. The van der Waals surface area contributed by atoms with Crippen LogP contribution in [0.2, 0.25) is 5.02 Å². The van der Waals surface area contributed by atoms with Gasteiger partial charge < -0.3 is 10.6 Å². The molecule has 6 heteroatoms. The number of hydrogen-bond donors (Lipinski definition) is 1. The standard InChI is InChI=1S/C25H29ClN4O/c1-2-4-24-23(17-28-30(24)22-9-7-21(26)8-10-22)25(31)29-13-11-19(12-14-29)20-6-3-5-18(15-20)16-27/h3,5-10,15,17,19H,2,4,11-14,16,27H2,1H3. The molecular formula is C25H29ClN4O. The van der Waals surface area contributed by atoms with Crippen molar-refractivity contribution in [3.8, 4) is 5.69 Å². The number of halogens is 1. The Bertz CT molecular complexity index is 1040. The van der Waals surface area contributed by atoms with E-state index < -0.39 is 0 Å². The van der Waals surface area contributed by atoms with Gasteiger partial charge in [0.2, 0.25) is 0 Å². The third-order valence-corrected chi connectivity index (χ3v) is 6.35. The summed E-state index contributed by atoms with van der Waals surface area (Å²) >= 11 is 6.03. The van der Waals surface area contributed by atoms with E-state index in [1.807, 2.05) is 33.8 Å². The second kappa shape index (κ2) is 9.67. The quantitative estimate of drug-likeness (QED) is 0.594. The summed E-state index contributed by atoms with van der Waals surface area (Å²) in [6, 6.07) is 16.1. The molecule has 1 saturated heterocycles. The normalized spacial score (nSPS) is 14.7. The Kier molecular flexibility index (Phi) is 6.73. The maximum atomic E-state index is 13.4. The highest BCUT2D eigenvalue weighted by Gasteiger charge is 2.27. The first kappa shape index (κ1) is 21.6. The molecular weight excluding hydrogens is 408 g/mol. The van der Waals surface area contributed by atoms with Gasteiger partial charge in [0, 0.05) is 24.7 Å². The third kappa shape index (κ3) is 4.68. The SMILES string of the molecule is CCCc1c(C(=O)N2CCC(c3cccc(CN)c3)CC2)cnn1-c1ccc(Cl)cc1. The maximum absolute atomic E-state index is 13.4. The number of amides is 1. The molecule has 1 amide bonds. The van der Waals surface area contributed by atoms with E-state index in [9.17, 15) is 4.79 Å². The summed E-state index contributed by atoms with van der Waals surface area (Å²) in [6.07, 6.45) is 5.40. The molecule has 162 valence electrons. The molecule has 0 unspecified atom stereocenters. The molecule has 2 heterocycles. The predicted molar refractivity (Wildman–Crippen MR) is 125 cm³/mol. The van der Waals surface area contributed by atoms with Gasteiger partial charge in [-0.2, -0.15) is 5.10 Å². The summed E-state index contributed by atoms with van der Waals surface area (Å²) in [7, 11) is 0. The molecule has 1 aliphatic heterocycles. The lowest BCUT2D eigenvalue weighted by atomic mass is 9.88. The van der Waals surface area contributed by atoms with Crippen LogP contribution in [-0.4, -0.2) is 33.7 Å². The smallest absolute Gasteiger partial charge is 0.257 e. The Morgan fingerprint density at radius 1 is 1.16 bits per heavy atom. The Morgan fingerprint density at radius 2 is 1.90 bits per heavy atom. The molecule has 0 saturated carbocycles. The monoisotopic (exact) mass is 436 g/mol. The molecule has 31 heavy (non-hydrogen) atoms. The number of carbonyl (C=O) groups is 1. The highest BCUT2D eigenvalue weighted by Crippen LogP contribution is 2.30. The molecule has 0 atom stereocenters. The van der Waals surface area contributed by atoms with Gasteiger partial charge in [0.15, 0.2) is 0 Å². The van der Waals surface area contributed by atoms with E-state index in [0.29, 0.717) is 23.0 Å². The van der Waals surface area contributed by atoms with Crippen molar-refractivity contribution in [2.24, 2.45) is 5.73 Å². The van der Waals surface area contributed by atoms with Crippen LogP contribution < -0.4 is 5.73 Å². The first-order valence-electron chi connectivity index (χ1n) is 11.0. The molecule has 0 bridgehead atoms. The van der Waals surface area contributed by atoms with Crippen molar-refractivity contribution in [2.45, 2.75) is 45.1 Å². The second-order valence-electron chi connectivity index (χ2n) is 8.16. The van der Waals surface area contributed by atoms with E-state index in [0.717, 1.165) is 55.7 Å². The zero-order chi connectivity index (χ0) is 21.8. The van der Waals surface area contributed by atoms with Crippen LogP contribution in [0.4, 0.5) is 0 Å². The van der Waals surface area contributed by atoms with Gasteiger partial charge in [-0.15, -0.1) is 0 Å². The number of likely N-dealkylation sites (tertiary alicyclic amines) is 1. The molecule has 0 radical (unpaired) electrons. The maximum Gasteiger partial charge on any atom is 0.257 e. The highest BCUT2D eigenvalue weighted by molar-refractivity contribution is 6.30. The molecule has 0 spiro atoms. The Morgan fingerprint density at radius 3 is 2.58 bits per heavy atom. The number of rotatable bonds is 6. The van der Waals surface area contributed by atoms with Crippen LogP contribution in [0.3, 0.4) is 0 Å². The van der Waals surface area contributed by atoms with Gasteiger partial charge in [-0.3, -0.25) is 4.79 Å². The van der Waals surface area contributed by atoms with Crippen LogP contribution in [0, 0.1) is 0 Å². The fourth-order valence-corrected chi connectivity index (χ4v) is 4.52. The molecule has 1 aromatic heterocycles. The summed E-state index contributed by atoms with van der Waals surface area (Å²) in [4.78, 5) is 15.4. The van der Waals surface area contributed by atoms with Crippen LogP contribution in [0.25, 0.3) is 5.69 Å². The van der Waals surface area contributed by atoms with Crippen LogP contribution in [-0.2, 0) is 13.0 Å². The lowest BCUT2D eigenvalue weighted by molar-refractivity contribution is 0.0712. The van der Waals surface area contributed by atoms with Crippen molar-refractivity contribution in [3.05, 3.63) is 82.1 Å². The molecule has 5 nitrogen and oxygen atoms in total. The van der Waals surface area contributed by atoms with Crippen LogP contribution in [0.1, 0.15) is 59.3 Å². The van der Waals surface area contributed by atoms with Crippen molar-refractivity contribution in [3.63, 3.8) is 0 Å². The van der Waals surface area contributed by atoms with Crippen LogP contribution in [0.15, 0.2) is 54.7 Å². The first-order valence-corrected chi connectivity index (χ1v) is 11.4. The van der Waals surface area contributed by atoms with Crippen molar-refractivity contribution in [1.29, 1.82) is 0 Å². The minimum Gasteiger partial charge on any atom is -0.338 e. The molecule has 2 aromatic carbocycles. The Labute approximate surface area is 188 Å². The van der Waals surface area contributed by atoms with Gasteiger partial charge in [0.1, 0.15) is 0 Å². The summed E-state index contributed by atoms with van der Waals surface area (Å²) in [5.74, 6) is 0.556. The van der Waals surface area contributed by atoms with Gasteiger partial charge in [-0.25, -0.2) is 4.68 Å². The fraction of sp³-hybridized carbons (Fsp3) is 0.360. The topological polar surface area (TPSA) is 64.2 Å². The zero-order valence-electron chi connectivity index (χ0n) is 17.9. The number of piperidine rings is 1. The van der Waals surface area contributed by atoms with Gasteiger partial charge >= 0.3 is 0 Å². The molecule has 1 aliphatic rings.